The van der Waals surface area contributed by atoms with Crippen molar-refractivity contribution in [2.45, 2.75) is 44.6 Å². The van der Waals surface area contributed by atoms with Crippen LogP contribution in [0, 0.1) is 0 Å². The van der Waals surface area contributed by atoms with Crippen LogP contribution >= 0.6 is 0 Å². The summed E-state index contributed by atoms with van der Waals surface area (Å²) in [6.45, 7) is 2.14. The van der Waals surface area contributed by atoms with Crippen molar-refractivity contribution in [3.05, 3.63) is 6.33 Å². The quantitative estimate of drug-likeness (QED) is 0.523. The normalized spacial score (nSPS) is 18.9. The van der Waals surface area contributed by atoms with E-state index in [9.17, 15) is 0 Å². The largest absolute Gasteiger partial charge is 0.393 e. The topological polar surface area (TPSA) is 107 Å². The maximum atomic E-state index is 6.18. The molecule has 6 heteroatoms. The Hall–Kier alpha value is -1.56. The average molecular weight is 236 g/mol. The highest BCUT2D eigenvalue weighted by molar-refractivity contribution is 5.73. The molecule has 0 saturated heterocycles. The first-order valence-electron chi connectivity index (χ1n) is 5.95. The molecule has 1 aromatic rings. The third kappa shape index (κ3) is 2.12. The van der Waals surface area contributed by atoms with E-state index in [-0.39, 0.29) is 11.4 Å². The van der Waals surface area contributed by atoms with Crippen LogP contribution in [0.3, 0.4) is 0 Å². The van der Waals surface area contributed by atoms with Crippen LogP contribution in [0.4, 0.5) is 17.3 Å². The van der Waals surface area contributed by atoms with E-state index in [1.54, 1.807) is 5.01 Å². The summed E-state index contributed by atoms with van der Waals surface area (Å²) in [5, 5.41) is 1.67. The van der Waals surface area contributed by atoms with Gasteiger partial charge in [0, 0.05) is 0 Å². The smallest absolute Gasteiger partial charge is 0.171 e. The van der Waals surface area contributed by atoms with E-state index < -0.39 is 0 Å². The Balaban J connectivity index is 2.29. The van der Waals surface area contributed by atoms with Gasteiger partial charge in [0.1, 0.15) is 12.0 Å². The molecule has 0 amide bonds. The van der Waals surface area contributed by atoms with Crippen molar-refractivity contribution in [3.8, 4) is 0 Å². The Bertz CT molecular complexity index is 399. The van der Waals surface area contributed by atoms with Crippen molar-refractivity contribution in [1.29, 1.82) is 0 Å². The van der Waals surface area contributed by atoms with E-state index in [0.29, 0.717) is 11.5 Å². The maximum Gasteiger partial charge on any atom is 0.171 e. The summed E-state index contributed by atoms with van der Waals surface area (Å²) < 4.78 is 0. The van der Waals surface area contributed by atoms with E-state index in [2.05, 4.69) is 16.9 Å². The molecule has 94 valence electrons. The minimum absolute atomic E-state index is 0.0901. The van der Waals surface area contributed by atoms with Gasteiger partial charge >= 0.3 is 0 Å². The molecular formula is C11H20N6. The first kappa shape index (κ1) is 11.9. The third-order valence-electron chi connectivity index (χ3n) is 3.63. The Morgan fingerprint density at radius 1 is 1.18 bits per heavy atom. The van der Waals surface area contributed by atoms with Gasteiger partial charge in [-0.25, -0.2) is 15.8 Å². The zero-order valence-corrected chi connectivity index (χ0v) is 10.2. The molecule has 6 N–H and O–H groups in total. The molecule has 1 saturated carbocycles. The number of hydrogen-bond acceptors (Lipinski definition) is 6. The average Bonchev–Trinajstić information content (AvgIpc) is 2.33. The molecule has 1 fully saturated rings. The molecule has 0 bridgehead atoms. The molecule has 0 radical (unpaired) electrons. The number of nitrogens with two attached hydrogens (primary N) is 3. The summed E-state index contributed by atoms with van der Waals surface area (Å²) in [4.78, 5) is 7.99. The summed E-state index contributed by atoms with van der Waals surface area (Å²) in [5.41, 5.74) is 11.8. The number of hydrazine groups is 1. The van der Waals surface area contributed by atoms with Crippen LogP contribution in [0.1, 0.15) is 39.0 Å². The van der Waals surface area contributed by atoms with Gasteiger partial charge in [0.15, 0.2) is 11.6 Å². The van der Waals surface area contributed by atoms with E-state index in [0.717, 1.165) is 12.8 Å². The highest BCUT2D eigenvalue weighted by atomic mass is 15.5. The Morgan fingerprint density at radius 3 is 2.47 bits per heavy atom. The molecular weight excluding hydrogens is 216 g/mol. The molecule has 6 nitrogen and oxygen atoms in total. The molecule has 0 spiro atoms. The number of anilines is 3. The number of nitrogen functional groups attached to an aromatic ring is 2. The lowest BCUT2D eigenvalue weighted by Crippen LogP contribution is -2.53. The summed E-state index contributed by atoms with van der Waals surface area (Å²) in [7, 11) is 0. The standard InChI is InChI=1S/C11H20N6/c1-11(5-3-2-4-6-11)17(14)10-8(12)9(13)15-7-16-10/h7H,2-6,12,14H2,1H3,(H2,13,15,16). The Labute approximate surface area is 101 Å². The van der Waals surface area contributed by atoms with E-state index in [1.165, 1.54) is 25.6 Å². The molecule has 1 aromatic heterocycles. The van der Waals surface area contributed by atoms with Crippen molar-refractivity contribution >= 4 is 17.3 Å². The predicted octanol–water partition coefficient (Wildman–Crippen LogP) is 1.04. The highest BCUT2D eigenvalue weighted by Crippen LogP contribution is 2.36. The van der Waals surface area contributed by atoms with Gasteiger partial charge < -0.3 is 11.5 Å². The first-order valence-corrected chi connectivity index (χ1v) is 5.95. The van der Waals surface area contributed by atoms with Gasteiger partial charge in [-0.1, -0.05) is 19.3 Å². The number of rotatable bonds is 2. The lowest BCUT2D eigenvalue weighted by molar-refractivity contribution is 0.298. The summed E-state index contributed by atoms with van der Waals surface area (Å²) in [5.74, 6) is 6.99. The van der Waals surface area contributed by atoms with E-state index in [1.807, 2.05) is 0 Å². The number of aromatic nitrogens is 2. The fraction of sp³-hybridized carbons (Fsp3) is 0.636. The SMILES string of the molecule is CC1(N(N)c2ncnc(N)c2N)CCCCC1. The van der Waals surface area contributed by atoms with Crippen LogP contribution in [0.15, 0.2) is 6.33 Å². The summed E-state index contributed by atoms with van der Waals surface area (Å²) in [6.07, 6.45) is 7.13. The molecule has 0 aromatic carbocycles. The molecule has 1 aliphatic carbocycles. The van der Waals surface area contributed by atoms with Gasteiger partial charge in [-0.2, -0.15) is 0 Å². The van der Waals surface area contributed by atoms with E-state index in [4.69, 9.17) is 17.3 Å². The van der Waals surface area contributed by atoms with Gasteiger partial charge in [0.2, 0.25) is 0 Å². The van der Waals surface area contributed by atoms with Crippen LogP contribution in [0.5, 0.6) is 0 Å². The highest BCUT2D eigenvalue weighted by Gasteiger charge is 2.33. The zero-order chi connectivity index (χ0) is 12.5. The molecule has 1 heterocycles. The summed E-state index contributed by atoms with van der Waals surface area (Å²) in [6, 6.07) is 0. The van der Waals surface area contributed by atoms with Crippen LogP contribution in [0.25, 0.3) is 0 Å². The third-order valence-corrected chi connectivity index (χ3v) is 3.63. The zero-order valence-electron chi connectivity index (χ0n) is 10.2. The monoisotopic (exact) mass is 236 g/mol. The van der Waals surface area contributed by atoms with Crippen LogP contribution in [0.2, 0.25) is 0 Å². The molecule has 0 atom stereocenters. The van der Waals surface area contributed by atoms with Crippen molar-refractivity contribution in [1.82, 2.24) is 9.97 Å². The first-order chi connectivity index (χ1) is 8.04. The second kappa shape index (κ2) is 4.37. The predicted molar refractivity (Wildman–Crippen MR) is 69.0 cm³/mol. The van der Waals surface area contributed by atoms with Crippen LogP contribution in [-0.4, -0.2) is 15.5 Å². The van der Waals surface area contributed by atoms with Crippen molar-refractivity contribution < 1.29 is 0 Å². The van der Waals surface area contributed by atoms with Crippen LogP contribution < -0.4 is 22.3 Å². The number of nitrogens with zero attached hydrogens (tertiary/aromatic N) is 3. The molecule has 0 aliphatic heterocycles. The van der Waals surface area contributed by atoms with Gasteiger partial charge in [0.25, 0.3) is 0 Å². The Kier molecular flexibility index (Phi) is 3.06. The van der Waals surface area contributed by atoms with Gasteiger partial charge in [-0.3, -0.25) is 5.01 Å². The van der Waals surface area contributed by atoms with Gasteiger partial charge in [0.05, 0.1) is 5.54 Å². The van der Waals surface area contributed by atoms with Crippen molar-refractivity contribution in [2.24, 2.45) is 5.84 Å². The minimum atomic E-state index is -0.0901. The fourth-order valence-electron chi connectivity index (χ4n) is 2.40. The molecule has 2 rings (SSSR count). The van der Waals surface area contributed by atoms with Crippen molar-refractivity contribution in [3.63, 3.8) is 0 Å². The molecule has 1 aliphatic rings. The second-order valence-electron chi connectivity index (χ2n) is 4.92. The fourth-order valence-corrected chi connectivity index (χ4v) is 2.40. The number of hydrogen-bond donors (Lipinski definition) is 3. The Morgan fingerprint density at radius 2 is 1.82 bits per heavy atom. The van der Waals surface area contributed by atoms with Gasteiger partial charge in [-0.15, -0.1) is 0 Å². The summed E-state index contributed by atoms with van der Waals surface area (Å²) >= 11 is 0. The minimum Gasteiger partial charge on any atom is -0.393 e. The second-order valence-corrected chi connectivity index (χ2v) is 4.92. The van der Waals surface area contributed by atoms with E-state index >= 15 is 0 Å². The lowest BCUT2D eigenvalue weighted by atomic mass is 9.83. The molecule has 0 unspecified atom stereocenters. The molecule has 17 heavy (non-hydrogen) atoms. The van der Waals surface area contributed by atoms with Crippen LogP contribution in [-0.2, 0) is 0 Å². The van der Waals surface area contributed by atoms with Crippen molar-refractivity contribution in [2.75, 3.05) is 16.5 Å². The lowest BCUT2D eigenvalue weighted by Gasteiger charge is -2.42. The van der Waals surface area contributed by atoms with Gasteiger partial charge in [-0.05, 0) is 19.8 Å². The maximum absolute atomic E-state index is 6.18.